The second-order valence-corrected chi connectivity index (χ2v) is 5.96. The van der Waals surface area contributed by atoms with Gasteiger partial charge >= 0.3 is 6.03 Å². The van der Waals surface area contributed by atoms with Gasteiger partial charge in [-0.3, -0.25) is 9.69 Å². The molecule has 0 unspecified atom stereocenters. The normalized spacial score (nSPS) is 37.6. The van der Waals surface area contributed by atoms with Crippen molar-refractivity contribution >= 4 is 11.9 Å². The van der Waals surface area contributed by atoms with Crippen LogP contribution < -0.4 is 5.73 Å². The van der Waals surface area contributed by atoms with Gasteiger partial charge in [0.2, 0.25) is 0 Å². The van der Waals surface area contributed by atoms with Crippen molar-refractivity contribution in [1.29, 1.82) is 0 Å². The number of hydrogen-bond donors (Lipinski definition) is 1. The van der Waals surface area contributed by atoms with Gasteiger partial charge in [-0.1, -0.05) is 0 Å². The molecule has 2 N–H and O–H groups in total. The van der Waals surface area contributed by atoms with Gasteiger partial charge < -0.3 is 10.6 Å². The van der Waals surface area contributed by atoms with Gasteiger partial charge in [0.15, 0.2) is 0 Å². The molecule has 0 spiro atoms. The van der Waals surface area contributed by atoms with E-state index in [0.29, 0.717) is 12.0 Å². The van der Waals surface area contributed by atoms with Gasteiger partial charge in [-0.15, -0.1) is 0 Å². The van der Waals surface area contributed by atoms with Gasteiger partial charge in [-0.25, -0.2) is 4.79 Å². The van der Waals surface area contributed by atoms with Crippen molar-refractivity contribution in [2.24, 2.45) is 11.7 Å². The summed E-state index contributed by atoms with van der Waals surface area (Å²) in [5, 5.41) is 0. The summed E-state index contributed by atoms with van der Waals surface area (Å²) in [6.07, 6.45) is 4.95. The Morgan fingerprint density at radius 3 is 2.22 bits per heavy atom. The number of urea groups is 1. The first-order valence-electron chi connectivity index (χ1n) is 6.68. The van der Waals surface area contributed by atoms with Crippen molar-refractivity contribution in [2.75, 3.05) is 14.1 Å². The molecule has 3 amide bonds. The molecule has 0 bridgehead atoms. The van der Waals surface area contributed by atoms with Crippen LogP contribution in [0, 0.1) is 5.92 Å². The number of amides is 3. The first kappa shape index (κ1) is 13.3. The van der Waals surface area contributed by atoms with E-state index in [-0.39, 0.29) is 11.9 Å². The van der Waals surface area contributed by atoms with Gasteiger partial charge in [0.1, 0.15) is 5.54 Å². The highest BCUT2D eigenvalue weighted by Gasteiger charge is 2.51. The van der Waals surface area contributed by atoms with Crippen LogP contribution in [-0.2, 0) is 4.79 Å². The molecule has 1 saturated heterocycles. The SMILES string of the molecule is CN1C(=O)N(C)[C@@](C)(CC2CCC(N)CC2)C1=O. The van der Waals surface area contributed by atoms with E-state index in [1.54, 1.807) is 19.0 Å². The molecule has 1 saturated carbocycles. The fourth-order valence-electron chi connectivity index (χ4n) is 3.21. The molecule has 1 aliphatic heterocycles. The Balaban J connectivity index is 2.07. The van der Waals surface area contributed by atoms with Crippen molar-refractivity contribution in [3.63, 3.8) is 0 Å². The molecule has 5 heteroatoms. The van der Waals surface area contributed by atoms with Gasteiger partial charge in [-0.2, -0.15) is 0 Å². The largest absolute Gasteiger partial charge is 0.328 e. The molecule has 0 aromatic carbocycles. The van der Waals surface area contributed by atoms with E-state index in [0.717, 1.165) is 32.1 Å². The average Bonchev–Trinajstić information content (AvgIpc) is 2.49. The number of carbonyl (C=O) groups excluding carboxylic acids is 2. The van der Waals surface area contributed by atoms with Crippen molar-refractivity contribution in [1.82, 2.24) is 9.80 Å². The van der Waals surface area contributed by atoms with Crippen LogP contribution in [0.5, 0.6) is 0 Å². The predicted molar refractivity (Wildman–Crippen MR) is 68.9 cm³/mol. The molecule has 2 fully saturated rings. The van der Waals surface area contributed by atoms with Crippen LogP contribution >= 0.6 is 0 Å². The van der Waals surface area contributed by atoms with Crippen LogP contribution in [-0.4, -0.2) is 47.4 Å². The molecule has 0 aromatic heterocycles. The summed E-state index contributed by atoms with van der Waals surface area (Å²) in [5.74, 6) is 0.422. The van der Waals surface area contributed by atoms with E-state index in [1.807, 2.05) is 6.92 Å². The van der Waals surface area contributed by atoms with Gasteiger partial charge in [-0.05, 0) is 44.9 Å². The third-order valence-electron chi connectivity index (χ3n) is 4.66. The summed E-state index contributed by atoms with van der Waals surface area (Å²) < 4.78 is 0. The molecule has 18 heavy (non-hydrogen) atoms. The van der Waals surface area contributed by atoms with Gasteiger partial charge in [0.25, 0.3) is 5.91 Å². The van der Waals surface area contributed by atoms with E-state index >= 15 is 0 Å². The number of nitrogens with two attached hydrogens (primary N) is 1. The summed E-state index contributed by atoms with van der Waals surface area (Å²) in [6, 6.07) is 0.116. The molecular weight excluding hydrogens is 230 g/mol. The molecule has 1 aliphatic carbocycles. The minimum absolute atomic E-state index is 0.0788. The quantitative estimate of drug-likeness (QED) is 0.751. The van der Waals surface area contributed by atoms with Crippen LogP contribution in [0.4, 0.5) is 4.79 Å². The van der Waals surface area contributed by atoms with E-state index in [4.69, 9.17) is 5.73 Å². The lowest BCUT2D eigenvalue weighted by molar-refractivity contribution is -0.132. The number of likely N-dealkylation sites (N-methyl/N-ethyl adjacent to an activating group) is 2. The fraction of sp³-hybridized carbons (Fsp3) is 0.846. The Morgan fingerprint density at radius 2 is 1.78 bits per heavy atom. The third kappa shape index (κ3) is 2.00. The summed E-state index contributed by atoms with van der Waals surface area (Å²) in [4.78, 5) is 26.9. The van der Waals surface area contributed by atoms with Crippen LogP contribution in [0.25, 0.3) is 0 Å². The first-order chi connectivity index (χ1) is 8.36. The summed E-state index contributed by atoms with van der Waals surface area (Å²) in [5.41, 5.74) is 5.23. The summed E-state index contributed by atoms with van der Waals surface area (Å²) >= 11 is 0. The maximum atomic E-state index is 12.2. The Labute approximate surface area is 108 Å². The number of hydrogen-bond acceptors (Lipinski definition) is 3. The molecular formula is C13H23N3O2. The summed E-state index contributed by atoms with van der Waals surface area (Å²) in [6.45, 7) is 1.88. The zero-order chi connectivity index (χ0) is 13.5. The second-order valence-electron chi connectivity index (χ2n) is 5.96. The maximum Gasteiger partial charge on any atom is 0.327 e. The predicted octanol–water partition coefficient (Wildman–Crippen LogP) is 1.18. The third-order valence-corrected chi connectivity index (χ3v) is 4.66. The van der Waals surface area contributed by atoms with E-state index in [2.05, 4.69) is 0 Å². The smallest absolute Gasteiger partial charge is 0.327 e. The van der Waals surface area contributed by atoms with E-state index in [9.17, 15) is 9.59 Å². The van der Waals surface area contributed by atoms with E-state index < -0.39 is 5.54 Å². The van der Waals surface area contributed by atoms with Gasteiger partial charge in [0, 0.05) is 20.1 Å². The minimum Gasteiger partial charge on any atom is -0.328 e. The molecule has 1 heterocycles. The van der Waals surface area contributed by atoms with Crippen molar-refractivity contribution in [3.8, 4) is 0 Å². The zero-order valence-corrected chi connectivity index (χ0v) is 11.5. The fourth-order valence-corrected chi connectivity index (χ4v) is 3.21. The maximum absolute atomic E-state index is 12.2. The second kappa shape index (κ2) is 4.53. The molecule has 1 atom stereocenters. The average molecular weight is 253 g/mol. The Hall–Kier alpha value is -1.10. The first-order valence-corrected chi connectivity index (χ1v) is 6.68. The van der Waals surface area contributed by atoms with E-state index in [1.165, 1.54) is 4.90 Å². The van der Waals surface area contributed by atoms with Crippen molar-refractivity contribution in [2.45, 2.75) is 50.6 Å². The number of rotatable bonds is 2. The molecule has 102 valence electrons. The lowest BCUT2D eigenvalue weighted by Crippen LogP contribution is -2.47. The lowest BCUT2D eigenvalue weighted by atomic mass is 9.78. The van der Waals surface area contributed by atoms with Crippen molar-refractivity contribution < 1.29 is 9.59 Å². The Bertz CT molecular complexity index is 363. The molecule has 0 radical (unpaired) electrons. The number of nitrogens with zero attached hydrogens (tertiary/aromatic N) is 2. The number of imide groups is 1. The monoisotopic (exact) mass is 253 g/mol. The lowest BCUT2D eigenvalue weighted by Gasteiger charge is -2.35. The Morgan fingerprint density at radius 1 is 1.22 bits per heavy atom. The standard InChI is InChI=1S/C13H23N3O2/c1-13(8-9-4-6-10(14)7-5-9)11(17)15(2)12(18)16(13)3/h9-10H,4-8,14H2,1-3H3/t9?,10?,13-/m0/s1. The Kier molecular flexibility index (Phi) is 3.36. The highest BCUT2D eigenvalue weighted by Crippen LogP contribution is 2.36. The topological polar surface area (TPSA) is 66.6 Å². The summed E-state index contributed by atoms with van der Waals surface area (Å²) in [7, 11) is 3.28. The number of carbonyl (C=O) groups is 2. The van der Waals surface area contributed by atoms with Crippen LogP contribution in [0.3, 0.4) is 0 Å². The molecule has 5 nitrogen and oxygen atoms in total. The van der Waals surface area contributed by atoms with Crippen LogP contribution in [0.15, 0.2) is 0 Å². The minimum atomic E-state index is -0.669. The van der Waals surface area contributed by atoms with Gasteiger partial charge in [0.05, 0.1) is 0 Å². The highest BCUT2D eigenvalue weighted by molar-refractivity contribution is 6.06. The highest BCUT2D eigenvalue weighted by atomic mass is 16.2. The molecule has 2 rings (SSSR count). The van der Waals surface area contributed by atoms with Crippen LogP contribution in [0.2, 0.25) is 0 Å². The molecule has 2 aliphatic rings. The molecule has 0 aromatic rings. The zero-order valence-electron chi connectivity index (χ0n) is 11.5. The van der Waals surface area contributed by atoms with Crippen molar-refractivity contribution in [3.05, 3.63) is 0 Å². The van der Waals surface area contributed by atoms with Crippen LogP contribution in [0.1, 0.15) is 39.0 Å².